The number of rotatable bonds is 4. The molecule has 0 amide bonds. The average molecular weight is 226 g/mol. The van der Waals surface area contributed by atoms with Crippen molar-refractivity contribution < 1.29 is 9.13 Å². The van der Waals surface area contributed by atoms with Crippen molar-refractivity contribution >= 4 is 11.4 Å². The first kappa shape index (κ1) is 12.6. The molecule has 16 heavy (non-hydrogen) atoms. The summed E-state index contributed by atoms with van der Waals surface area (Å²) in [6, 6.07) is 3.04. The van der Waals surface area contributed by atoms with Gasteiger partial charge in [-0.25, -0.2) is 4.39 Å². The summed E-state index contributed by atoms with van der Waals surface area (Å²) in [5.41, 5.74) is 6.33. The number of methoxy groups -OCH3 is 1. The summed E-state index contributed by atoms with van der Waals surface area (Å²) < 4.78 is 18.6. The van der Waals surface area contributed by atoms with Crippen molar-refractivity contribution in [1.82, 2.24) is 0 Å². The molecule has 0 bridgehead atoms. The van der Waals surface area contributed by atoms with E-state index in [0.717, 1.165) is 0 Å². The van der Waals surface area contributed by atoms with E-state index in [2.05, 4.69) is 19.2 Å². The lowest BCUT2D eigenvalue weighted by Crippen LogP contribution is -2.22. The molecule has 3 nitrogen and oxygen atoms in total. The lowest BCUT2D eigenvalue weighted by atomic mass is 10.1. The number of ether oxygens (including phenoxy) is 1. The monoisotopic (exact) mass is 226 g/mol. The third kappa shape index (κ3) is 2.78. The zero-order chi connectivity index (χ0) is 12.3. The molecule has 0 aliphatic rings. The molecular weight excluding hydrogens is 207 g/mol. The van der Waals surface area contributed by atoms with E-state index in [1.54, 1.807) is 6.07 Å². The van der Waals surface area contributed by atoms with Crippen molar-refractivity contribution in [2.24, 2.45) is 5.92 Å². The van der Waals surface area contributed by atoms with Gasteiger partial charge in [-0.1, -0.05) is 13.8 Å². The zero-order valence-corrected chi connectivity index (χ0v) is 10.2. The molecule has 4 heteroatoms. The van der Waals surface area contributed by atoms with Gasteiger partial charge < -0.3 is 15.8 Å². The van der Waals surface area contributed by atoms with E-state index in [0.29, 0.717) is 23.0 Å². The summed E-state index contributed by atoms with van der Waals surface area (Å²) in [4.78, 5) is 0. The molecule has 0 fully saturated rings. The fraction of sp³-hybridized carbons (Fsp3) is 0.500. The Morgan fingerprint density at radius 1 is 1.31 bits per heavy atom. The van der Waals surface area contributed by atoms with Crippen LogP contribution < -0.4 is 15.8 Å². The van der Waals surface area contributed by atoms with Crippen LogP contribution in [0.2, 0.25) is 0 Å². The summed E-state index contributed by atoms with van der Waals surface area (Å²) in [5.74, 6) is 0.550. The predicted molar refractivity (Wildman–Crippen MR) is 65.3 cm³/mol. The van der Waals surface area contributed by atoms with Gasteiger partial charge in [0.2, 0.25) is 0 Å². The van der Waals surface area contributed by atoms with Gasteiger partial charge in [-0.2, -0.15) is 0 Å². The molecule has 1 atom stereocenters. The third-order valence-electron chi connectivity index (χ3n) is 2.70. The van der Waals surface area contributed by atoms with Crippen LogP contribution in [-0.2, 0) is 0 Å². The number of hydrogen-bond donors (Lipinski definition) is 2. The van der Waals surface area contributed by atoms with Crippen LogP contribution in [0.4, 0.5) is 15.8 Å². The highest BCUT2D eigenvalue weighted by molar-refractivity contribution is 5.62. The Bertz CT molecular complexity index is 366. The lowest BCUT2D eigenvalue weighted by Gasteiger charge is -2.20. The molecule has 0 aliphatic heterocycles. The lowest BCUT2D eigenvalue weighted by molar-refractivity contribution is 0.416. The summed E-state index contributed by atoms with van der Waals surface area (Å²) in [6.07, 6.45) is 0. The molecule has 0 aromatic heterocycles. The molecule has 0 saturated heterocycles. The molecule has 1 rings (SSSR count). The van der Waals surface area contributed by atoms with Gasteiger partial charge >= 0.3 is 0 Å². The van der Waals surface area contributed by atoms with Crippen LogP contribution in [0.5, 0.6) is 5.75 Å². The fourth-order valence-electron chi connectivity index (χ4n) is 1.27. The third-order valence-corrected chi connectivity index (χ3v) is 2.70. The topological polar surface area (TPSA) is 47.3 Å². The van der Waals surface area contributed by atoms with Gasteiger partial charge in [0, 0.05) is 18.2 Å². The number of anilines is 2. The number of hydrogen-bond acceptors (Lipinski definition) is 3. The standard InChI is InChI=1S/C12H19FN2O/c1-7(2)8(3)15-11-6-12(16-4)10(14)5-9(11)13/h5-8,15H,14H2,1-4H3. The smallest absolute Gasteiger partial charge is 0.148 e. The number of benzene rings is 1. The first-order chi connectivity index (χ1) is 7.45. The fourth-order valence-corrected chi connectivity index (χ4v) is 1.27. The number of nitrogens with two attached hydrogens (primary N) is 1. The maximum Gasteiger partial charge on any atom is 0.148 e. The quantitative estimate of drug-likeness (QED) is 0.776. The molecule has 0 heterocycles. The average Bonchev–Trinajstić information content (AvgIpc) is 2.21. The highest BCUT2D eigenvalue weighted by atomic mass is 19.1. The van der Waals surface area contributed by atoms with E-state index in [1.165, 1.54) is 13.2 Å². The second-order valence-corrected chi connectivity index (χ2v) is 4.25. The number of halogens is 1. The Morgan fingerprint density at radius 3 is 2.44 bits per heavy atom. The van der Waals surface area contributed by atoms with E-state index in [-0.39, 0.29) is 11.9 Å². The molecule has 1 unspecified atom stereocenters. The van der Waals surface area contributed by atoms with E-state index in [9.17, 15) is 4.39 Å². The van der Waals surface area contributed by atoms with E-state index >= 15 is 0 Å². The Labute approximate surface area is 95.8 Å². The van der Waals surface area contributed by atoms with Crippen LogP contribution in [0.3, 0.4) is 0 Å². The second kappa shape index (κ2) is 5.05. The summed E-state index contributed by atoms with van der Waals surface area (Å²) in [6.45, 7) is 6.15. The zero-order valence-electron chi connectivity index (χ0n) is 10.2. The minimum atomic E-state index is -0.356. The van der Waals surface area contributed by atoms with Crippen molar-refractivity contribution in [3.63, 3.8) is 0 Å². The van der Waals surface area contributed by atoms with Crippen LogP contribution in [0.1, 0.15) is 20.8 Å². The van der Waals surface area contributed by atoms with Crippen LogP contribution in [0, 0.1) is 11.7 Å². The summed E-state index contributed by atoms with van der Waals surface area (Å²) >= 11 is 0. The molecule has 0 aliphatic carbocycles. The van der Waals surface area contributed by atoms with Crippen LogP contribution in [0.25, 0.3) is 0 Å². The van der Waals surface area contributed by atoms with Gasteiger partial charge in [0.15, 0.2) is 0 Å². The van der Waals surface area contributed by atoms with Gasteiger partial charge in [-0.3, -0.25) is 0 Å². The van der Waals surface area contributed by atoms with Crippen molar-refractivity contribution in [2.75, 3.05) is 18.2 Å². The molecule has 3 N–H and O–H groups in total. The van der Waals surface area contributed by atoms with Crippen LogP contribution >= 0.6 is 0 Å². The van der Waals surface area contributed by atoms with Gasteiger partial charge in [0.25, 0.3) is 0 Å². The van der Waals surface area contributed by atoms with Crippen molar-refractivity contribution in [3.05, 3.63) is 17.9 Å². The molecular formula is C12H19FN2O. The van der Waals surface area contributed by atoms with E-state index in [4.69, 9.17) is 10.5 Å². The van der Waals surface area contributed by atoms with Gasteiger partial charge in [0.1, 0.15) is 11.6 Å². The maximum absolute atomic E-state index is 13.6. The van der Waals surface area contributed by atoms with Gasteiger partial charge in [-0.15, -0.1) is 0 Å². The first-order valence-electron chi connectivity index (χ1n) is 5.35. The molecule has 1 aromatic carbocycles. The molecule has 90 valence electrons. The summed E-state index contributed by atoms with van der Waals surface area (Å²) in [7, 11) is 1.51. The number of nitrogen functional groups attached to an aromatic ring is 1. The molecule has 0 saturated carbocycles. The Hall–Kier alpha value is -1.45. The minimum absolute atomic E-state index is 0.183. The molecule has 1 aromatic rings. The number of nitrogens with one attached hydrogen (secondary N) is 1. The Morgan fingerprint density at radius 2 is 1.94 bits per heavy atom. The van der Waals surface area contributed by atoms with Gasteiger partial charge in [0.05, 0.1) is 18.5 Å². The van der Waals surface area contributed by atoms with Crippen LogP contribution in [0.15, 0.2) is 12.1 Å². The Kier molecular flexibility index (Phi) is 3.99. The maximum atomic E-state index is 13.6. The molecule has 0 radical (unpaired) electrons. The molecule has 0 spiro atoms. The SMILES string of the molecule is COc1cc(NC(C)C(C)C)c(F)cc1N. The summed E-state index contributed by atoms with van der Waals surface area (Å²) in [5, 5.41) is 3.10. The first-order valence-corrected chi connectivity index (χ1v) is 5.35. The normalized spacial score (nSPS) is 12.6. The largest absolute Gasteiger partial charge is 0.495 e. The van der Waals surface area contributed by atoms with Crippen molar-refractivity contribution in [1.29, 1.82) is 0 Å². The van der Waals surface area contributed by atoms with Crippen LogP contribution in [-0.4, -0.2) is 13.2 Å². The van der Waals surface area contributed by atoms with E-state index in [1.807, 2.05) is 6.92 Å². The highest BCUT2D eigenvalue weighted by Gasteiger charge is 2.12. The van der Waals surface area contributed by atoms with Crippen molar-refractivity contribution in [2.45, 2.75) is 26.8 Å². The van der Waals surface area contributed by atoms with Gasteiger partial charge in [-0.05, 0) is 12.8 Å². The highest BCUT2D eigenvalue weighted by Crippen LogP contribution is 2.29. The van der Waals surface area contributed by atoms with E-state index < -0.39 is 0 Å². The van der Waals surface area contributed by atoms with Crippen molar-refractivity contribution in [3.8, 4) is 5.75 Å². The second-order valence-electron chi connectivity index (χ2n) is 4.25. The predicted octanol–water partition coefficient (Wildman–Crippen LogP) is 2.87. The minimum Gasteiger partial charge on any atom is -0.495 e. The Balaban J connectivity index is 2.96.